The van der Waals surface area contributed by atoms with Crippen molar-refractivity contribution in [2.45, 2.75) is 38.3 Å². The number of rotatable bonds is 2. The molecule has 0 aromatic carbocycles. The summed E-state index contributed by atoms with van der Waals surface area (Å²) < 4.78 is 5.85. The number of morpholine rings is 1. The second-order valence-corrected chi connectivity index (χ2v) is 5.73. The van der Waals surface area contributed by atoms with Crippen LogP contribution in [0.1, 0.15) is 30.4 Å². The van der Waals surface area contributed by atoms with E-state index in [1.807, 2.05) is 19.2 Å². The van der Waals surface area contributed by atoms with Gasteiger partial charge in [-0.3, -0.25) is 0 Å². The van der Waals surface area contributed by atoms with Crippen LogP contribution in [0.5, 0.6) is 0 Å². The number of fused-ring (bicyclic) bond motifs is 1. The number of nitrogens with two attached hydrogens (primary N) is 1. The van der Waals surface area contributed by atoms with Gasteiger partial charge in [0.15, 0.2) is 0 Å². The maximum Gasteiger partial charge on any atom is 0.139 e. The molecule has 5 heteroatoms. The Morgan fingerprint density at radius 3 is 3.16 bits per heavy atom. The Hall–Kier alpha value is -1.20. The van der Waals surface area contributed by atoms with E-state index < -0.39 is 0 Å². The molecule has 3 rings (SSSR count). The lowest BCUT2D eigenvalue weighted by Gasteiger charge is -2.39. The first kappa shape index (κ1) is 12.8. The van der Waals surface area contributed by atoms with Gasteiger partial charge in [0, 0.05) is 12.7 Å². The minimum Gasteiger partial charge on any atom is -0.389 e. The molecular weight excluding hydrogens is 258 g/mol. The molecule has 0 radical (unpaired) electrons. The van der Waals surface area contributed by atoms with Crippen LogP contribution in [0.15, 0.2) is 12.3 Å². The van der Waals surface area contributed by atoms with Crippen LogP contribution < -0.4 is 10.6 Å². The molecule has 0 amide bonds. The van der Waals surface area contributed by atoms with Gasteiger partial charge in [-0.05, 0) is 37.8 Å². The van der Waals surface area contributed by atoms with E-state index in [0.717, 1.165) is 42.9 Å². The molecule has 1 aliphatic carbocycles. The summed E-state index contributed by atoms with van der Waals surface area (Å²) in [6.07, 6.45) is 5.72. The van der Waals surface area contributed by atoms with Crippen molar-refractivity contribution < 1.29 is 4.74 Å². The SMILES string of the molecule is Cc1ccnc(N2CCOC3CCCC32)c1C(N)=S. The number of pyridine rings is 1. The molecule has 0 bridgehead atoms. The number of anilines is 1. The fourth-order valence-electron chi connectivity index (χ4n) is 3.25. The summed E-state index contributed by atoms with van der Waals surface area (Å²) in [5, 5.41) is 0. The number of ether oxygens (including phenoxy) is 1. The van der Waals surface area contributed by atoms with Crippen LogP contribution >= 0.6 is 12.2 Å². The van der Waals surface area contributed by atoms with Crippen molar-refractivity contribution >= 4 is 23.0 Å². The van der Waals surface area contributed by atoms with Gasteiger partial charge in [0.2, 0.25) is 0 Å². The van der Waals surface area contributed by atoms with Gasteiger partial charge < -0.3 is 15.4 Å². The molecule has 2 heterocycles. The standard InChI is InChI=1S/C14H19N3OS/c1-9-5-6-16-14(12(9)13(15)19)17-7-8-18-11-4-2-3-10(11)17/h5-6,10-11H,2-4,7-8H2,1H3,(H2,15,19). The Morgan fingerprint density at radius 1 is 1.53 bits per heavy atom. The molecule has 19 heavy (non-hydrogen) atoms. The molecule has 0 spiro atoms. The van der Waals surface area contributed by atoms with Crippen LogP contribution in [0.3, 0.4) is 0 Å². The zero-order valence-electron chi connectivity index (χ0n) is 11.1. The normalized spacial score (nSPS) is 26.3. The van der Waals surface area contributed by atoms with Crippen molar-refractivity contribution in [2.24, 2.45) is 5.73 Å². The molecule has 2 fully saturated rings. The van der Waals surface area contributed by atoms with Gasteiger partial charge in [0.1, 0.15) is 10.8 Å². The first-order valence-corrected chi connectivity index (χ1v) is 7.23. The van der Waals surface area contributed by atoms with Crippen molar-refractivity contribution in [1.29, 1.82) is 0 Å². The van der Waals surface area contributed by atoms with Crippen molar-refractivity contribution in [3.8, 4) is 0 Å². The van der Waals surface area contributed by atoms with Crippen LogP contribution in [0, 0.1) is 6.92 Å². The average Bonchev–Trinajstić information content (AvgIpc) is 2.85. The number of thiocarbonyl (C=S) groups is 1. The molecule has 1 saturated heterocycles. The summed E-state index contributed by atoms with van der Waals surface area (Å²) in [5.41, 5.74) is 7.91. The Bertz CT molecular complexity index is 505. The van der Waals surface area contributed by atoms with Crippen LogP contribution in [-0.2, 0) is 4.74 Å². The summed E-state index contributed by atoms with van der Waals surface area (Å²) >= 11 is 5.21. The minimum absolute atomic E-state index is 0.343. The second kappa shape index (κ2) is 5.06. The molecule has 2 unspecified atom stereocenters. The summed E-state index contributed by atoms with van der Waals surface area (Å²) in [6, 6.07) is 2.39. The largest absolute Gasteiger partial charge is 0.389 e. The predicted octanol–water partition coefficient (Wildman–Crippen LogP) is 1.78. The third-order valence-corrected chi connectivity index (χ3v) is 4.34. The molecule has 2 atom stereocenters. The summed E-state index contributed by atoms with van der Waals surface area (Å²) in [5.74, 6) is 0.938. The molecule has 1 aromatic heterocycles. The fourth-order valence-corrected chi connectivity index (χ4v) is 3.51. The van der Waals surface area contributed by atoms with Crippen LogP contribution in [0.2, 0.25) is 0 Å². The topological polar surface area (TPSA) is 51.4 Å². The molecule has 4 nitrogen and oxygen atoms in total. The van der Waals surface area contributed by atoms with Crippen molar-refractivity contribution in [3.05, 3.63) is 23.4 Å². The molecule has 1 saturated carbocycles. The van der Waals surface area contributed by atoms with E-state index in [-0.39, 0.29) is 0 Å². The van der Waals surface area contributed by atoms with Crippen molar-refractivity contribution in [3.63, 3.8) is 0 Å². The Morgan fingerprint density at radius 2 is 2.37 bits per heavy atom. The predicted molar refractivity (Wildman–Crippen MR) is 79.6 cm³/mol. The van der Waals surface area contributed by atoms with E-state index in [0.29, 0.717) is 17.1 Å². The number of hydrogen-bond acceptors (Lipinski definition) is 4. The van der Waals surface area contributed by atoms with Crippen LogP contribution in [-0.4, -0.2) is 35.3 Å². The Kier molecular flexibility index (Phi) is 3.41. The number of aromatic nitrogens is 1. The Balaban J connectivity index is 2.01. The number of aryl methyl sites for hydroxylation is 1. The highest BCUT2D eigenvalue weighted by Gasteiger charge is 2.37. The lowest BCUT2D eigenvalue weighted by Crippen LogP contribution is -2.49. The van der Waals surface area contributed by atoms with Gasteiger partial charge in [0.25, 0.3) is 0 Å². The first-order valence-electron chi connectivity index (χ1n) is 6.82. The van der Waals surface area contributed by atoms with Gasteiger partial charge in [-0.1, -0.05) is 12.2 Å². The number of nitrogens with zero attached hydrogens (tertiary/aromatic N) is 2. The van der Waals surface area contributed by atoms with Gasteiger partial charge >= 0.3 is 0 Å². The zero-order valence-corrected chi connectivity index (χ0v) is 11.9. The maximum atomic E-state index is 5.89. The zero-order chi connectivity index (χ0) is 13.4. The van der Waals surface area contributed by atoms with E-state index in [1.54, 1.807) is 0 Å². The average molecular weight is 277 g/mol. The van der Waals surface area contributed by atoms with Gasteiger partial charge in [-0.2, -0.15) is 0 Å². The van der Waals surface area contributed by atoms with E-state index in [4.69, 9.17) is 22.7 Å². The lowest BCUT2D eigenvalue weighted by molar-refractivity contribution is 0.0253. The van der Waals surface area contributed by atoms with Gasteiger partial charge in [-0.15, -0.1) is 0 Å². The van der Waals surface area contributed by atoms with E-state index in [2.05, 4.69) is 9.88 Å². The van der Waals surface area contributed by atoms with Gasteiger partial charge in [-0.25, -0.2) is 4.98 Å². The fraction of sp³-hybridized carbons (Fsp3) is 0.571. The highest BCUT2D eigenvalue weighted by molar-refractivity contribution is 7.80. The smallest absolute Gasteiger partial charge is 0.139 e. The Labute approximate surface area is 118 Å². The monoisotopic (exact) mass is 277 g/mol. The molecular formula is C14H19N3OS. The third-order valence-electron chi connectivity index (χ3n) is 4.14. The highest BCUT2D eigenvalue weighted by atomic mass is 32.1. The summed E-state index contributed by atoms with van der Waals surface area (Å²) in [6.45, 7) is 3.66. The van der Waals surface area contributed by atoms with E-state index in [1.165, 1.54) is 6.42 Å². The van der Waals surface area contributed by atoms with E-state index in [9.17, 15) is 0 Å². The maximum absolute atomic E-state index is 5.89. The van der Waals surface area contributed by atoms with Crippen molar-refractivity contribution in [1.82, 2.24) is 4.98 Å². The lowest BCUT2D eigenvalue weighted by atomic mass is 10.1. The second-order valence-electron chi connectivity index (χ2n) is 5.29. The molecule has 2 aliphatic rings. The van der Waals surface area contributed by atoms with Crippen LogP contribution in [0.4, 0.5) is 5.82 Å². The highest BCUT2D eigenvalue weighted by Crippen LogP contribution is 2.34. The summed E-state index contributed by atoms with van der Waals surface area (Å²) in [4.78, 5) is 7.33. The third kappa shape index (κ3) is 2.21. The minimum atomic E-state index is 0.343. The van der Waals surface area contributed by atoms with Crippen molar-refractivity contribution in [2.75, 3.05) is 18.1 Å². The molecule has 2 N–H and O–H groups in total. The van der Waals surface area contributed by atoms with E-state index >= 15 is 0 Å². The summed E-state index contributed by atoms with van der Waals surface area (Å²) in [7, 11) is 0. The van der Waals surface area contributed by atoms with Gasteiger partial charge in [0.05, 0.1) is 24.3 Å². The number of hydrogen-bond donors (Lipinski definition) is 1. The quantitative estimate of drug-likeness (QED) is 0.835. The molecule has 1 aliphatic heterocycles. The first-order chi connectivity index (χ1) is 9.18. The molecule has 102 valence electrons. The van der Waals surface area contributed by atoms with Crippen LogP contribution in [0.25, 0.3) is 0 Å². The molecule has 1 aromatic rings.